The van der Waals surface area contributed by atoms with Crippen LogP contribution < -0.4 is 10.2 Å². The molecule has 0 fully saturated rings. The van der Waals surface area contributed by atoms with Crippen molar-refractivity contribution in [2.24, 2.45) is 0 Å². The first-order valence-electron chi connectivity index (χ1n) is 6.37. The van der Waals surface area contributed by atoms with Gasteiger partial charge in [0.05, 0.1) is 6.61 Å². The SMILES string of the molecule is COCCNC(=O)N1CCC(C)c2ccccc21. The van der Waals surface area contributed by atoms with Gasteiger partial charge >= 0.3 is 6.03 Å². The summed E-state index contributed by atoms with van der Waals surface area (Å²) in [5, 5.41) is 2.87. The zero-order valence-corrected chi connectivity index (χ0v) is 11.0. The highest BCUT2D eigenvalue weighted by atomic mass is 16.5. The number of urea groups is 1. The Hall–Kier alpha value is -1.55. The van der Waals surface area contributed by atoms with Crippen LogP contribution in [0.1, 0.15) is 24.8 Å². The number of fused-ring (bicyclic) bond motifs is 1. The molecule has 0 aliphatic carbocycles. The van der Waals surface area contributed by atoms with Gasteiger partial charge in [0.2, 0.25) is 0 Å². The van der Waals surface area contributed by atoms with Gasteiger partial charge in [0.15, 0.2) is 0 Å². The summed E-state index contributed by atoms with van der Waals surface area (Å²) in [4.78, 5) is 13.9. The Kier molecular flexibility index (Phi) is 4.20. The highest BCUT2D eigenvalue weighted by molar-refractivity contribution is 5.93. The van der Waals surface area contributed by atoms with E-state index in [9.17, 15) is 4.79 Å². The van der Waals surface area contributed by atoms with Crippen molar-refractivity contribution in [3.63, 3.8) is 0 Å². The van der Waals surface area contributed by atoms with Crippen LogP contribution in [0.3, 0.4) is 0 Å². The molecule has 2 amide bonds. The van der Waals surface area contributed by atoms with E-state index in [4.69, 9.17) is 4.74 Å². The molecule has 18 heavy (non-hydrogen) atoms. The zero-order chi connectivity index (χ0) is 13.0. The van der Waals surface area contributed by atoms with Crippen molar-refractivity contribution in [2.45, 2.75) is 19.3 Å². The predicted octanol–water partition coefficient (Wildman–Crippen LogP) is 2.36. The average Bonchev–Trinajstić information content (AvgIpc) is 2.39. The van der Waals surface area contributed by atoms with E-state index in [2.05, 4.69) is 18.3 Å². The molecule has 0 saturated heterocycles. The van der Waals surface area contributed by atoms with Crippen molar-refractivity contribution in [3.05, 3.63) is 29.8 Å². The minimum atomic E-state index is -0.0357. The Balaban J connectivity index is 2.11. The smallest absolute Gasteiger partial charge is 0.321 e. The number of para-hydroxylation sites is 1. The van der Waals surface area contributed by atoms with Gasteiger partial charge in [-0.1, -0.05) is 25.1 Å². The number of amides is 2. The van der Waals surface area contributed by atoms with Crippen molar-refractivity contribution in [1.82, 2.24) is 5.32 Å². The van der Waals surface area contributed by atoms with Crippen LogP contribution in [0, 0.1) is 0 Å². The number of benzene rings is 1. The van der Waals surface area contributed by atoms with Gasteiger partial charge in [-0.15, -0.1) is 0 Å². The lowest BCUT2D eigenvalue weighted by Crippen LogP contribution is -2.44. The van der Waals surface area contributed by atoms with E-state index >= 15 is 0 Å². The molecule has 1 aliphatic heterocycles. The molecule has 4 nitrogen and oxygen atoms in total. The molecular weight excluding hydrogens is 228 g/mol. The van der Waals surface area contributed by atoms with E-state index in [-0.39, 0.29) is 6.03 Å². The van der Waals surface area contributed by atoms with Gasteiger partial charge in [0, 0.05) is 25.9 Å². The molecule has 1 unspecified atom stereocenters. The van der Waals surface area contributed by atoms with Crippen LogP contribution in [0.4, 0.5) is 10.5 Å². The molecule has 98 valence electrons. The highest BCUT2D eigenvalue weighted by Crippen LogP contribution is 2.34. The minimum Gasteiger partial charge on any atom is -0.383 e. The fourth-order valence-corrected chi connectivity index (χ4v) is 2.32. The number of carbonyl (C=O) groups excluding carboxylic acids is 1. The van der Waals surface area contributed by atoms with Crippen molar-refractivity contribution in [2.75, 3.05) is 31.7 Å². The zero-order valence-electron chi connectivity index (χ0n) is 11.0. The molecule has 1 aromatic rings. The third kappa shape index (κ3) is 2.64. The molecule has 1 N–H and O–H groups in total. The van der Waals surface area contributed by atoms with Crippen LogP contribution in [0.2, 0.25) is 0 Å². The normalized spacial score (nSPS) is 18.3. The topological polar surface area (TPSA) is 41.6 Å². The summed E-state index contributed by atoms with van der Waals surface area (Å²) in [5.74, 6) is 0.518. The van der Waals surface area contributed by atoms with Crippen LogP contribution in [-0.2, 0) is 4.74 Å². The van der Waals surface area contributed by atoms with Gasteiger partial charge in [0.25, 0.3) is 0 Å². The number of ether oxygens (including phenoxy) is 1. The molecule has 2 rings (SSSR count). The predicted molar refractivity (Wildman–Crippen MR) is 72.1 cm³/mol. The summed E-state index contributed by atoms with van der Waals surface area (Å²) in [6.07, 6.45) is 1.01. The van der Waals surface area contributed by atoms with Crippen molar-refractivity contribution in [1.29, 1.82) is 0 Å². The first-order valence-corrected chi connectivity index (χ1v) is 6.37. The fourth-order valence-electron chi connectivity index (χ4n) is 2.32. The number of hydrogen-bond acceptors (Lipinski definition) is 2. The standard InChI is InChI=1S/C14H20N2O2/c1-11-7-9-16(14(17)15-8-10-18-2)13-6-4-3-5-12(11)13/h3-6,11H,7-10H2,1-2H3,(H,15,17). The van der Waals surface area contributed by atoms with Crippen molar-refractivity contribution < 1.29 is 9.53 Å². The van der Waals surface area contributed by atoms with E-state index in [1.165, 1.54) is 5.56 Å². The van der Waals surface area contributed by atoms with Crippen molar-refractivity contribution >= 4 is 11.7 Å². The second-order valence-corrected chi connectivity index (χ2v) is 4.62. The lowest BCUT2D eigenvalue weighted by molar-refractivity contribution is 0.197. The van der Waals surface area contributed by atoms with E-state index < -0.39 is 0 Å². The van der Waals surface area contributed by atoms with E-state index in [1.807, 2.05) is 23.1 Å². The lowest BCUT2D eigenvalue weighted by atomic mass is 9.92. The molecule has 1 atom stereocenters. The Labute approximate surface area is 108 Å². The molecule has 1 aromatic carbocycles. The molecule has 0 spiro atoms. The second kappa shape index (κ2) is 5.87. The molecule has 0 radical (unpaired) electrons. The molecule has 4 heteroatoms. The number of methoxy groups -OCH3 is 1. The summed E-state index contributed by atoms with van der Waals surface area (Å²) < 4.78 is 4.93. The highest BCUT2D eigenvalue weighted by Gasteiger charge is 2.25. The number of hydrogen-bond donors (Lipinski definition) is 1. The molecular formula is C14H20N2O2. The van der Waals surface area contributed by atoms with Gasteiger partial charge in [0.1, 0.15) is 0 Å². The lowest BCUT2D eigenvalue weighted by Gasteiger charge is -2.32. The number of nitrogens with one attached hydrogen (secondary N) is 1. The van der Waals surface area contributed by atoms with Gasteiger partial charge in [-0.3, -0.25) is 4.90 Å². The maximum Gasteiger partial charge on any atom is 0.321 e. The summed E-state index contributed by atoms with van der Waals surface area (Å²) in [7, 11) is 1.63. The fraction of sp³-hybridized carbons (Fsp3) is 0.500. The van der Waals surface area contributed by atoms with Crippen molar-refractivity contribution in [3.8, 4) is 0 Å². The Morgan fingerprint density at radius 2 is 2.28 bits per heavy atom. The third-order valence-electron chi connectivity index (χ3n) is 3.37. The van der Waals surface area contributed by atoms with Crippen LogP contribution in [0.5, 0.6) is 0 Å². The molecule has 0 aromatic heterocycles. The Bertz CT molecular complexity index is 420. The summed E-state index contributed by atoms with van der Waals surface area (Å²) in [6, 6.07) is 8.09. The number of carbonyl (C=O) groups is 1. The quantitative estimate of drug-likeness (QED) is 0.834. The summed E-state index contributed by atoms with van der Waals surface area (Å²) in [5.41, 5.74) is 2.29. The van der Waals surface area contributed by atoms with E-state index in [0.717, 1.165) is 18.7 Å². The molecule has 0 bridgehead atoms. The van der Waals surface area contributed by atoms with E-state index in [1.54, 1.807) is 7.11 Å². The Morgan fingerprint density at radius 1 is 1.50 bits per heavy atom. The molecule has 1 heterocycles. The minimum absolute atomic E-state index is 0.0357. The average molecular weight is 248 g/mol. The van der Waals surface area contributed by atoms with Crippen LogP contribution in [0.15, 0.2) is 24.3 Å². The van der Waals surface area contributed by atoms with Crippen LogP contribution in [0.25, 0.3) is 0 Å². The summed E-state index contributed by atoms with van der Waals surface area (Å²) in [6.45, 7) is 4.07. The van der Waals surface area contributed by atoms with Gasteiger partial charge in [-0.05, 0) is 24.0 Å². The van der Waals surface area contributed by atoms with Gasteiger partial charge < -0.3 is 10.1 Å². The second-order valence-electron chi connectivity index (χ2n) is 4.62. The molecule has 1 aliphatic rings. The number of rotatable bonds is 3. The first-order chi connectivity index (χ1) is 8.74. The Morgan fingerprint density at radius 3 is 3.06 bits per heavy atom. The first kappa shape index (κ1) is 12.9. The van der Waals surface area contributed by atoms with Gasteiger partial charge in [-0.25, -0.2) is 4.79 Å². The maximum absolute atomic E-state index is 12.1. The third-order valence-corrected chi connectivity index (χ3v) is 3.37. The van der Waals surface area contributed by atoms with Gasteiger partial charge in [-0.2, -0.15) is 0 Å². The number of anilines is 1. The molecule has 0 saturated carbocycles. The van der Waals surface area contributed by atoms with E-state index in [0.29, 0.717) is 19.1 Å². The largest absolute Gasteiger partial charge is 0.383 e. The monoisotopic (exact) mass is 248 g/mol. The van der Waals surface area contributed by atoms with Crippen LogP contribution in [-0.4, -0.2) is 32.8 Å². The summed E-state index contributed by atoms with van der Waals surface area (Å²) >= 11 is 0. The number of nitrogens with zero attached hydrogens (tertiary/aromatic N) is 1. The maximum atomic E-state index is 12.1. The van der Waals surface area contributed by atoms with Crippen LogP contribution >= 0.6 is 0 Å².